The van der Waals surface area contributed by atoms with Gasteiger partial charge in [0.15, 0.2) is 5.43 Å². The van der Waals surface area contributed by atoms with Crippen LogP contribution in [0.15, 0.2) is 39.5 Å². The van der Waals surface area contributed by atoms with Gasteiger partial charge in [0, 0.05) is 23.3 Å². The zero-order chi connectivity index (χ0) is 16.0. The van der Waals surface area contributed by atoms with E-state index in [2.05, 4.69) is 0 Å². The smallest absolute Gasteiger partial charge is 0.199 e. The van der Waals surface area contributed by atoms with Gasteiger partial charge < -0.3 is 14.6 Å². The largest absolute Gasteiger partial charge is 0.508 e. The normalized spacial score (nSPS) is 11.0. The Labute approximate surface area is 127 Å². The van der Waals surface area contributed by atoms with Crippen molar-refractivity contribution in [2.75, 3.05) is 0 Å². The standard InChI is InChI=1S/C18H16O4/c1-9-4-5-12(6-10(9)2)18-11(3)17(21)16-14(20)7-13(19)8-15(16)22-18/h4-8,19-20H,1-3H3. The summed E-state index contributed by atoms with van der Waals surface area (Å²) in [5.74, 6) is 0.0205. The van der Waals surface area contributed by atoms with E-state index in [0.717, 1.165) is 22.8 Å². The summed E-state index contributed by atoms with van der Waals surface area (Å²) in [5, 5.41) is 19.6. The first kappa shape index (κ1) is 14.2. The molecule has 0 aliphatic heterocycles. The maximum Gasteiger partial charge on any atom is 0.199 e. The summed E-state index contributed by atoms with van der Waals surface area (Å²) < 4.78 is 5.80. The zero-order valence-electron chi connectivity index (χ0n) is 12.6. The van der Waals surface area contributed by atoms with Crippen LogP contribution in [-0.2, 0) is 0 Å². The topological polar surface area (TPSA) is 70.7 Å². The highest BCUT2D eigenvalue weighted by molar-refractivity contribution is 5.87. The number of phenols is 2. The third-order valence-corrected chi connectivity index (χ3v) is 3.96. The minimum absolute atomic E-state index is 0.0860. The van der Waals surface area contributed by atoms with Gasteiger partial charge in [-0.15, -0.1) is 0 Å². The number of benzene rings is 2. The number of fused-ring (bicyclic) bond motifs is 1. The Kier molecular flexibility index (Phi) is 3.17. The molecule has 112 valence electrons. The Bertz CT molecular complexity index is 951. The maximum absolute atomic E-state index is 12.5. The molecule has 0 fully saturated rings. The van der Waals surface area contributed by atoms with Gasteiger partial charge in [-0.05, 0) is 38.0 Å². The van der Waals surface area contributed by atoms with Crippen molar-refractivity contribution in [2.45, 2.75) is 20.8 Å². The van der Waals surface area contributed by atoms with Crippen molar-refractivity contribution < 1.29 is 14.6 Å². The molecule has 2 aromatic carbocycles. The van der Waals surface area contributed by atoms with E-state index >= 15 is 0 Å². The molecule has 0 radical (unpaired) electrons. The zero-order valence-corrected chi connectivity index (χ0v) is 12.6. The van der Waals surface area contributed by atoms with Crippen molar-refractivity contribution >= 4 is 11.0 Å². The van der Waals surface area contributed by atoms with Gasteiger partial charge in [0.05, 0.1) is 0 Å². The molecule has 22 heavy (non-hydrogen) atoms. The van der Waals surface area contributed by atoms with E-state index in [-0.39, 0.29) is 27.9 Å². The van der Waals surface area contributed by atoms with E-state index in [4.69, 9.17) is 4.42 Å². The second-order valence-corrected chi connectivity index (χ2v) is 5.52. The van der Waals surface area contributed by atoms with E-state index in [1.165, 1.54) is 6.07 Å². The number of phenolic OH excluding ortho intramolecular Hbond substituents is 2. The molecular formula is C18H16O4. The second kappa shape index (κ2) is 4.91. The molecule has 3 rings (SSSR count). The first-order chi connectivity index (χ1) is 10.4. The lowest BCUT2D eigenvalue weighted by atomic mass is 10.0. The van der Waals surface area contributed by atoms with Gasteiger partial charge in [-0.25, -0.2) is 0 Å². The predicted octanol–water partition coefficient (Wildman–Crippen LogP) is 3.80. The molecule has 4 nitrogen and oxygen atoms in total. The molecule has 0 saturated carbocycles. The highest BCUT2D eigenvalue weighted by Gasteiger charge is 2.16. The number of hydrogen-bond acceptors (Lipinski definition) is 4. The van der Waals surface area contributed by atoms with Crippen LogP contribution in [0.3, 0.4) is 0 Å². The van der Waals surface area contributed by atoms with E-state index in [0.29, 0.717) is 11.3 Å². The molecule has 1 aromatic heterocycles. The Morgan fingerprint density at radius 3 is 2.36 bits per heavy atom. The van der Waals surface area contributed by atoms with Crippen LogP contribution >= 0.6 is 0 Å². The summed E-state index contributed by atoms with van der Waals surface area (Å²) in [6.07, 6.45) is 0. The van der Waals surface area contributed by atoms with Crippen LogP contribution in [-0.4, -0.2) is 10.2 Å². The minimum atomic E-state index is -0.299. The summed E-state index contributed by atoms with van der Waals surface area (Å²) >= 11 is 0. The molecule has 0 bridgehead atoms. The van der Waals surface area contributed by atoms with Crippen molar-refractivity contribution in [3.63, 3.8) is 0 Å². The molecule has 0 unspecified atom stereocenters. The fourth-order valence-electron chi connectivity index (χ4n) is 2.53. The molecule has 3 aromatic rings. The average molecular weight is 296 g/mol. The van der Waals surface area contributed by atoms with Crippen LogP contribution in [0.4, 0.5) is 0 Å². The van der Waals surface area contributed by atoms with Gasteiger partial charge in [-0.3, -0.25) is 4.79 Å². The number of rotatable bonds is 1. The first-order valence-corrected chi connectivity index (χ1v) is 6.95. The molecule has 0 aliphatic carbocycles. The Balaban J connectivity index is 2.38. The number of hydrogen-bond donors (Lipinski definition) is 2. The molecule has 4 heteroatoms. The monoisotopic (exact) mass is 296 g/mol. The molecule has 0 saturated heterocycles. The third-order valence-electron chi connectivity index (χ3n) is 3.96. The van der Waals surface area contributed by atoms with E-state index in [1.807, 2.05) is 32.0 Å². The van der Waals surface area contributed by atoms with E-state index in [9.17, 15) is 15.0 Å². The van der Waals surface area contributed by atoms with Crippen LogP contribution in [0.5, 0.6) is 11.5 Å². The predicted molar refractivity (Wildman–Crippen MR) is 85.5 cm³/mol. The van der Waals surface area contributed by atoms with Crippen LogP contribution in [0.25, 0.3) is 22.3 Å². The van der Waals surface area contributed by atoms with Gasteiger partial charge in [0.1, 0.15) is 28.2 Å². The van der Waals surface area contributed by atoms with Gasteiger partial charge in [0.2, 0.25) is 0 Å². The van der Waals surface area contributed by atoms with Gasteiger partial charge >= 0.3 is 0 Å². The van der Waals surface area contributed by atoms with Gasteiger partial charge in [-0.2, -0.15) is 0 Å². The summed E-state index contributed by atoms with van der Waals surface area (Å²) in [4.78, 5) is 12.5. The lowest BCUT2D eigenvalue weighted by molar-refractivity contribution is 0.452. The lowest BCUT2D eigenvalue weighted by Gasteiger charge is -2.10. The SMILES string of the molecule is Cc1ccc(-c2oc3cc(O)cc(O)c3c(=O)c2C)cc1C. The Morgan fingerprint density at radius 2 is 1.68 bits per heavy atom. The summed E-state index contributed by atoms with van der Waals surface area (Å²) in [6, 6.07) is 8.28. The highest BCUT2D eigenvalue weighted by atomic mass is 16.3. The molecule has 0 aliphatic rings. The second-order valence-electron chi connectivity index (χ2n) is 5.52. The summed E-state index contributed by atoms with van der Waals surface area (Å²) in [5.41, 5.74) is 3.34. The maximum atomic E-state index is 12.5. The van der Waals surface area contributed by atoms with Crippen LogP contribution in [0, 0.1) is 20.8 Å². The van der Waals surface area contributed by atoms with Crippen LogP contribution in [0.2, 0.25) is 0 Å². The average Bonchev–Trinajstić information content (AvgIpc) is 2.45. The quantitative estimate of drug-likeness (QED) is 0.716. The molecule has 0 spiro atoms. The van der Waals surface area contributed by atoms with Crippen molar-refractivity contribution in [1.29, 1.82) is 0 Å². The van der Waals surface area contributed by atoms with Crippen molar-refractivity contribution in [3.8, 4) is 22.8 Å². The van der Waals surface area contributed by atoms with Crippen LogP contribution in [0.1, 0.15) is 16.7 Å². The minimum Gasteiger partial charge on any atom is -0.508 e. The Morgan fingerprint density at radius 1 is 0.955 bits per heavy atom. The van der Waals surface area contributed by atoms with Gasteiger partial charge in [0.25, 0.3) is 0 Å². The third kappa shape index (κ3) is 2.13. The molecule has 0 amide bonds. The summed E-state index contributed by atoms with van der Waals surface area (Å²) in [7, 11) is 0. The molecule has 1 heterocycles. The molecule has 2 N–H and O–H groups in total. The van der Waals surface area contributed by atoms with Crippen molar-refractivity contribution in [3.05, 3.63) is 57.2 Å². The van der Waals surface area contributed by atoms with Gasteiger partial charge in [-0.1, -0.05) is 12.1 Å². The number of aromatic hydroxyl groups is 2. The first-order valence-electron chi connectivity index (χ1n) is 6.95. The molecular weight excluding hydrogens is 280 g/mol. The van der Waals surface area contributed by atoms with E-state index < -0.39 is 0 Å². The van der Waals surface area contributed by atoms with E-state index in [1.54, 1.807) is 6.92 Å². The molecule has 0 atom stereocenters. The fraction of sp³-hybridized carbons (Fsp3) is 0.167. The van der Waals surface area contributed by atoms with Crippen LogP contribution < -0.4 is 5.43 Å². The fourth-order valence-corrected chi connectivity index (χ4v) is 2.53. The van der Waals surface area contributed by atoms with Crippen molar-refractivity contribution in [1.82, 2.24) is 0 Å². The van der Waals surface area contributed by atoms with Crippen molar-refractivity contribution in [2.24, 2.45) is 0 Å². The lowest BCUT2D eigenvalue weighted by Crippen LogP contribution is -2.07. The number of aryl methyl sites for hydroxylation is 2. The Hall–Kier alpha value is -2.75. The summed E-state index contributed by atoms with van der Waals surface area (Å²) in [6.45, 7) is 5.67. The highest BCUT2D eigenvalue weighted by Crippen LogP contribution is 2.32.